The van der Waals surface area contributed by atoms with E-state index in [0.29, 0.717) is 17.9 Å². The van der Waals surface area contributed by atoms with Gasteiger partial charge in [-0.1, -0.05) is 42.0 Å². The van der Waals surface area contributed by atoms with Crippen LogP contribution in [0.25, 0.3) is 0 Å². The fourth-order valence-electron chi connectivity index (χ4n) is 3.79. The second kappa shape index (κ2) is 9.75. The molecule has 1 atom stereocenters. The van der Waals surface area contributed by atoms with E-state index < -0.39 is 23.5 Å². The number of benzene rings is 2. The van der Waals surface area contributed by atoms with Gasteiger partial charge in [-0.25, -0.2) is 0 Å². The summed E-state index contributed by atoms with van der Waals surface area (Å²) in [6, 6.07) is 17.6. The van der Waals surface area contributed by atoms with Crippen molar-refractivity contribution in [3.05, 3.63) is 101 Å². The molecule has 1 unspecified atom stereocenters. The van der Waals surface area contributed by atoms with E-state index in [9.17, 15) is 14.7 Å². The molecule has 0 saturated heterocycles. The summed E-state index contributed by atoms with van der Waals surface area (Å²) >= 11 is 0. The fraction of sp³-hybridized carbons (Fsp3) is 0.231. The van der Waals surface area contributed by atoms with Crippen LogP contribution < -0.4 is 4.74 Å². The van der Waals surface area contributed by atoms with Gasteiger partial charge in [-0.2, -0.15) is 0 Å². The van der Waals surface area contributed by atoms with Gasteiger partial charge in [0.2, 0.25) is 5.78 Å². The number of ketones is 1. The van der Waals surface area contributed by atoms with E-state index in [1.165, 1.54) is 29.9 Å². The summed E-state index contributed by atoms with van der Waals surface area (Å²) in [6.07, 6.45) is 1.37. The van der Waals surface area contributed by atoms with Gasteiger partial charge in [-0.15, -0.1) is 0 Å². The molecule has 0 spiro atoms. The number of aryl methyl sites for hydroxylation is 1. The molecule has 1 N–H and O–H groups in total. The van der Waals surface area contributed by atoms with Gasteiger partial charge in [0.05, 0.1) is 24.5 Å². The second-order valence-electron chi connectivity index (χ2n) is 7.81. The molecule has 0 bridgehead atoms. The number of hydrogen-bond acceptors (Lipinski definition) is 6. The molecule has 2 heterocycles. The third kappa shape index (κ3) is 4.68. The van der Waals surface area contributed by atoms with Crippen molar-refractivity contribution in [1.29, 1.82) is 0 Å². The summed E-state index contributed by atoms with van der Waals surface area (Å²) in [7, 11) is 1.53. The normalized spacial score (nSPS) is 15.9. The monoisotopic (exact) mass is 447 g/mol. The number of carbonyl (C=O) groups is 2. The molecule has 4 rings (SSSR count). The van der Waals surface area contributed by atoms with Crippen LogP contribution in [0.4, 0.5) is 0 Å². The zero-order valence-electron chi connectivity index (χ0n) is 18.5. The van der Waals surface area contributed by atoms with E-state index in [1.807, 2.05) is 31.2 Å². The number of carbonyl (C=O) groups excluding carboxylic acids is 2. The van der Waals surface area contributed by atoms with Crippen LogP contribution in [-0.4, -0.2) is 42.0 Å². The van der Waals surface area contributed by atoms with Gasteiger partial charge in [0.15, 0.2) is 11.5 Å². The number of amides is 1. The summed E-state index contributed by atoms with van der Waals surface area (Å²) in [5.41, 5.74) is 2.89. The van der Waals surface area contributed by atoms with E-state index in [1.54, 1.807) is 30.3 Å². The van der Waals surface area contributed by atoms with Gasteiger partial charge in [0.1, 0.15) is 12.4 Å². The second-order valence-corrected chi connectivity index (χ2v) is 7.81. The Labute approximate surface area is 191 Å². The van der Waals surface area contributed by atoms with Crippen molar-refractivity contribution in [2.75, 3.05) is 20.3 Å². The molecule has 170 valence electrons. The molecule has 3 aromatic rings. The molecule has 33 heavy (non-hydrogen) atoms. The number of methoxy groups -OCH3 is 1. The zero-order valence-corrected chi connectivity index (χ0v) is 18.5. The number of aliphatic hydroxyl groups is 1. The molecule has 1 aromatic heterocycles. The first-order valence-corrected chi connectivity index (χ1v) is 10.6. The third-order valence-electron chi connectivity index (χ3n) is 5.55. The minimum atomic E-state index is -0.767. The van der Waals surface area contributed by atoms with Crippen molar-refractivity contribution in [1.82, 2.24) is 4.90 Å². The van der Waals surface area contributed by atoms with Gasteiger partial charge in [0.25, 0.3) is 5.91 Å². The lowest BCUT2D eigenvalue weighted by Crippen LogP contribution is -2.33. The van der Waals surface area contributed by atoms with E-state index in [0.717, 1.165) is 5.56 Å². The number of Topliss-reactive ketones (excluding diaryl/α,β-unsaturated/α-hetero) is 1. The van der Waals surface area contributed by atoms with Gasteiger partial charge >= 0.3 is 0 Å². The molecule has 7 heteroatoms. The van der Waals surface area contributed by atoms with Crippen molar-refractivity contribution >= 4 is 11.7 Å². The van der Waals surface area contributed by atoms with Crippen LogP contribution in [0.2, 0.25) is 0 Å². The molecule has 0 fully saturated rings. The fourth-order valence-corrected chi connectivity index (χ4v) is 3.79. The summed E-state index contributed by atoms with van der Waals surface area (Å²) in [6.45, 7) is 2.93. The number of ether oxygens (including phenoxy) is 2. The van der Waals surface area contributed by atoms with Crippen LogP contribution in [0.1, 0.15) is 33.3 Å². The topological polar surface area (TPSA) is 89.2 Å². The Morgan fingerprint density at radius 1 is 1.09 bits per heavy atom. The minimum Gasteiger partial charge on any atom is -0.503 e. The van der Waals surface area contributed by atoms with Gasteiger partial charge in [-0.05, 0) is 42.3 Å². The molecule has 1 aliphatic heterocycles. The molecule has 7 nitrogen and oxygen atoms in total. The molecule has 0 aliphatic carbocycles. The van der Waals surface area contributed by atoms with Crippen molar-refractivity contribution in [2.45, 2.75) is 19.6 Å². The molecule has 0 radical (unpaired) electrons. The summed E-state index contributed by atoms with van der Waals surface area (Å²) in [5, 5.41) is 10.6. The van der Waals surface area contributed by atoms with Gasteiger partial charge < -0.3 is 23.9 Å². The van der Waals surface area contributed by atoms with Crippen molar-refractivity contribution in [3.8, 4) is 5.75 Å². The van der Waals surface area contributed by atoms with Gasteiger partial charge in [-0.3, -0.25) is 9.59 Å². The minimum absolute atomic E-state index is 0.0145. The Hall–Kier alpha value is -3.84. The Balaban J connectivity index is 1.59. The first-order chi connectivity index (χ1) is 16.0. The van der Waals surface area contributed by atoms with Crippen LogP contribution in [0, 0.1) is 6.92 Å². The molecular weight excluding hydrogens is 422 g/mol. The Kier molecular flexibility index (Phi) is 6.60. The molecule has 1 aliphatic rings. The number of nitrogens with zero attached hydrogens (tertiary/aromatic N) is 1. The maximum atomic E-state index is 13.1. The average molecular weight is 447 g/mol. The Morgan fingerprint density at radius 2 is 1.82 bits per heavy atom. The van der Waals surface area contributed by atoms with Crippen molar-refractivity contribution in [2.24, 2.45) is 0 Å². The van der Waals surface area contributed by atoms with E-state index >= 15 is 0 Å². The first-order valence-electron chi connectivity index (χ1n) is 10.6. The number of furan rings is 1. The predicted molar refractivity (Wildman–Crippen MR) is 121 cm³/mol. The summed E-state index contributed by atoms with van der Waals surface area (Å²) in [4.78, 5) is 27.3. The average Bonchev–Trinajstić information content (AvgIpc) is 3.45. The SMILES string of the molecule is COCCN1C(=O)C(O)=C(C(=O)c2ccco2)C1c1ccc(OCc2ccc(C)cc2)cc1. The number of rotatable bonds is 9. The molecule has 1 amide bonds. The van der Waals surface area contributed by atoms with E-state index in [2.05, 4.69) is 0 Å². The van der Waals surface area contributed by atoms with Crippen molar-refractivity contribution < 1.29 is 28.6 Å². The lowest BCUT2D eigenvalue weighted by Gasteiger charge is -2.26. The van der Waals surface area contributed by atoms with Crippen LogP contribution in [0.3, 0.4) is 0 Å². The maximum absolute atomic E-state index is 13.1. The van der Waals surface area contributed by atoms with Crippen molar-refractivity contribution in [3.63, 3.8) is 0 Å². The predicted octanol–water partition coefficient (Wildman–Crippen LogP) is 4.39. The lowest BCUT2D eigenvalue weighted by atomic mass is 9.95. The number of hydrogen-bond donors (Lipinski definition) is 1. The highest BCUT2D eigenvalue weighted by Crippen LogP contribution is 2.39. The lowest BCUT2D eigenvalue weighted by molar-refractivity contribution is -0.130. The molecule has 0 saturated carbocycles. The smallest absolute Gasteiger partial charge is 0.290 e. The first kappa shape index (κ1) is 22.4. The molecule has 2 aromatic carbocycles. The number of aliphatic hydroxyl groups excluding tert-OH is 1. The summed E-state index contributed by atoms with van der Waals surface area (Å²) in [5.74, 6) is -1.01. The zero-order chi connectivity index (χ0) is 23.4. The summed E-state index contributed by atoms with van der Waals surface area (Å²) < 4.78 is 16.2. The standard InChI is InChI=1S/C26H25NO6/c1-17-5-7-18(8-6-17)16-33-20-11-9-19(10-12-20)23-22(24(28)21-4-3-14-32-21)25(29)26(30)27(23)13-15-31-2/h3-12,14,23,29H,13,15-16H2,1-2H3. The van der Waals surface area contributed by atoms with E-state index in [-0.39, 0.29) is 24.5 Å². The van der Waals surface area contributed by atoms with E-state index in [4.69, 9.17) is 13.9 Å². The third-order valence-corrected chi connectivity index (χ3v) is 5.55. The largest absolute Gasteiger partial charge is 0.503 e. The maximum Gasteiger partial charge on any atom is 0.290 e. The highest BCUT2D eigenvalue weighted by molar-refractivity contribution is 6.15. The quantitative estimate of drug-likeness (QED) is 0.490. The molecular formula is C26H25NO6. The Bertz CT molecular complexity index is 1150. The highest BCUT2D eigenvalue weighted by atomic mass is 16.5. The van der Waals surface area contributed by atoms with Crippen LogP contribution in [0.15, 0.2) is 82.7 Å². The highest BCUT2D eigenvalue weighted by Gasteiger charge is 2.44. The van der Waals surface area contributed by atoms with Crippen LogP contribution in [0.5, 0.6) is 5.75 Å². The Morgan fingerprint density at radius 3 is 2.45 bits per heavy atom. The van der Waals surface area contributed by atoms with Crippen LogP contribution in [-0.2, 0) is 16.1 Å². The van der Waals surface area contributed by atoms with Gasteiger partial charge in [0, 0.05) is 13.7 Å². The van der Waals surface area contributed by atoms with Crippen LogP contribution >= 0.6 is 0 Å².